The highest BCUT2D eigenvalue weighted by atomic mass is 32.2. The van der Waals surface area contributed by atoms with Crippen molar-refractivity contribution in [3.63, 3.8) is 0 Å². The van der Waals surface area contributed by atoms with Gasteiger partial charge in [-0.05, 0) is 18.4 Å². The van der Waals surface area contributed by atoms with Crippen LogP contribution in [0.4, 0.5) is 0 Å². The van der Waals surface area contributed by atoms with Crippen molar-refractivity contribution in [2.24, 2.45) is 0 Å². The molecule has 0 spiro atoms. The van der Waals surface area contributed by atoms with Gasteiger partial charge in [0.2, 0.25) is 5.91 Å². The summed E-state index contributed by atoms with van der Waals surface area (Å²) in [7, 11) is 0. The van der Waals surface area contributed by atoms with Crippen molar-refractivity contribution >= 4 is 34.2 Å². The Bertz CT molecular complexity index is 527. The Kier molecular flexibility index (Phi) is 5.50. The van der Waals surface area contributed by atoms with Gasteiger partial charge in [-0.3, -0.25) is 9.69 Å². The molecule has 2 heterocycles. The van der Waals surface area contributed by atoms with Crippen molar-refractivity contribution in [3.8, 4) is 0 Å². The van der Waals surface area contributed by atoms with Gasteiger partial charge in [0, 0.05) is 18.9 Å². The zero-order valence-electron chi connectivity index (χ0n) is 12.6. The minimum absolute atomic E-state index is 0.0363. The molecule has 2 atom stereocenters. The summed E-state index contributed by atoms with van der Waals surface area (Å²) >= 11 is 6.93. The van der Waals surface area contributed by atoms with E-state index in [1.54, 1.807) is 16.7 Å². The lowest BCUT2D eigenvalue weighted by atomic mass is 9.89. The zero-order valence-corrected chi connectivity index (χ0v) is 14.2. The molecule has 1 aromatic rings. The van der Waals surface area contributed by atoms with E-state index in [-0.39, 0.29) is 17.9 Å². The minimum atomic E-state index is -0.240. The van der Waals surface area contributed by atoms with Gasteiger partial charge in [0.05, 0.1) is 12.0 Å². The number of carbonyl (C=O) groups excluding carboxylic acids is 1. The van der Waals surface area contributed by atoms with E-state index in [1.165, 1.54) is 6.42 Å². The number of benzene rings is 1. The topological polar surface area (TPSA) is 29.5 Å². The molecule has 2 fully saturated rings. The summed E-state index contributed by atoms with van der Waals surface area (Å²) in [6, 6.07) is 10.0. The quantitative estimate of drug-likeness (QED) is 0.790. The number of amides is 1. The first kappa shape index (κ1) is 16.0. The molecule has 22 heavy (non-hydrogen) atoms. The first-order valence-corrected chi connectivity index (χ1v) is 9.31. The van der Waals surface area contributed by atoms with E-state index >= 15 is 0 Å². The molecule has 0 unspecified atom stereocenters. The molecule has 2 aliphatic rings. The van der Waals surface area contributed by atoms with E-state index in [9.17, 15) is 4.79 Å². The zero-order chi connectivity index (χ0) is 15.4. The molecule has 5 heteroatoms. The Morgan fingerprint density at radius 2 is 2.09 bits per heavy atom. The molecule has 0 radical (unpaired) electrons. The maximum atomic E-state index is 13.1. The number of rotatable bonds is 3. The molecular weight excluding hydrogens is 314 g/mol. The van der Waals surface area contributed by atoms with Crippen LogP contribution in [0.5, 0.6) is 0 Å². The predicted octanol–water partition coefficient (Wildman–Crippen LogP) is 3.59. The second-order valence-electron chi connectivity index (χ2n) is 5.75. The third-order valence-corrected chi connectivity index (χ3v) is 5.72. The Hall–Kier alpha value is -0.910. The number of nitrogens with zero attached hydrogens (tertiary/aromatic N) is 1. The largest absolute Gasteiger partial charge is 0.377 e. The van der Waals surface area contributed by atoms with Crippen molar-refractivity contribution < 1.29 is 9.53 Å². The molecule has 0 aliphatic carbocycles. The Morgan fingerprint density at radius 3 is 2.82 bits per heavy atom. The van der Waals surface area contributed by atoms with Crippen LogP contribution in [0.15, 0.2) is 30.3 Å². The number of ether oxygens (including phenoxy) is 1. The number of hydrogen-bond donors (Lipinski definition) is 0. The van der Waals surface area contributed by atoms with Crippen LogP contribution >= 0.6 is 24.0 Å². The van der Waals surface area contributed by atoms with Gasteiger partial charge in [-0.2, -0.15) is 0 Å². The monoisotopic (exact) mass is 335 g/mol. The molecule has 1 aromatic carbocycles. The smallest absolute Gasteiger partial charge is 0.238 e. The van der Waals surface area contributed by atoms with E-state index in [2.05, 4.69) is 0 Å². The summed E-state index contributed by atoms with van der Waals surface area (Å²) in [5.74, 6) is 0.765. The number of thioether (sulfide) groups is 1. The summed E-state index contributed by atoms with van der Waals surface area (Å²) in [4.78, 5) is 14.9. The molecule has 2 saturated heterocycles. The number of carbonyl (C=O) groups is 1. The van der Waals surface area contributed by atoms with Gasteiger partial charge in [-0.15, -0.1) is 0 Å². The van der Waals surface area contributed by atoms with E-state index in [0.717, 1.165) is 43.7 Å². The maximum absolute atomic E-state index is 13.1. The summed E-state index contributed by atoms with van der Waals surface area (Å²) < 4.78 is 6.75. The highest BCUT2D eigenvalue weighted by molar-refractivity contribution is 8.23. The van der Waals surface area contributed by atoms with Crippen LogP contribution in [0.25, 0.3) is 0 Å². The van der Waals surface area contributed by atoms with Crippen LogP contribution in [0.2, 0.25) is 0 Å². The molecule has 0 bridgehead atoms. The van der Waals surface area contributed by atoms with Gasteiger partial charge in [0.15, 0.2) is 0 Å². The fraction of sp³-hybridized carbons (Fsp3) is 0.529. The van der Waals surface area contributed by atoms with Gasteiger partial charge < -0.3 is 4.74 Å². The Balaban J connectivity index is 1.88. The molecule has 118 valence electrons. The van der Waals surface area contributed by atoms with Gasteiger partial charge in [-0.1, -0.05) is 67.2 Å². The first-order valence-electron chi connectivity index (χ1n) is 7.92. The highest BCUT2D eigenvalue weighted by Crippen LogP contribution is 2.32. The average molecular weight is 335 g/mol. The summed E-state index contributed by atoms with van der Waals surface area (Å²) in [6.45, 7) is 1.47. The van der Waals surface area contributed by atoms with Crippen LogP contribution in [-0.4, -0.2) is 40.1 Å². The van der Waals surface area contributed by atoms with Crippen molar-refractivity contribution in [3.05, 3.63) is 35.9 Å². The normalized spacial score (nSPS) is 24.1. The Morgan fingerprint density at radius 1 is 1.27 bits per heavy atom. The Labute approximate surface area is 141 Å². The summed E-state index contributed by atoms with van der Waals surface area (Å²) in [6.07, 6.45) is 4.30. The second kappa shape index (κ2) is 7.57. The highest BCUT2D eigenvalue weighted by Gasteiger charge is 2.37. The molecule has 0 aromatic heterocycles. The van der Waals surface area contributed by atoms with Crippen molar-refractivity contribution in [2.45, 2.75) is 37.7 Å². The molecule has 3 rings (SSSR count). The molecule has 0 N–H and O–H groups in total. The van der Waals surface area contributed by atoms with E-state index < -0.39 is 0 Å². The lowest BCUT2D eigenvalue weighted by Crippen LogP contribution is -2.40. The molecular formula is C17H21NO2S2. The molecule has 2 aliphatic heterocycles. The molecule has 3 nitrogen and oxygen atoms in total. The SMILES string of the molecule is O=C([C@H](c1ccccc1)[C@@H]1CCCCCO1)N1CCSC1=S. The minimum Gasteiger partial charge on any atom is -0.377 e. The van der Waals surface area contributed by atoms with Crippen LogP contribution < -0.4 is 0 Å². The molecule has 1 amide bonds. The van der Waals surface area contributed by atoms with Crippen LogP contribution in [0.3, 0.4) is 0 Å². The standard InChI is InChI=1S/C17H21NO2S2/c19-16(18-10-12-22-17(18)21)15(13-7-3-1-4-8-13)14-9-5-2-6-11-20-14/h1,3-4,7-8,14-15H,2,5-6,9-12H2/t14-,15+/m0/s1. The van der Waals surface area contributed by atoms with Gasteiger partial charge in [-0.25, -0.2) is 0 Å². The maximum Gasteiger partial charge on any atom is 0.238 e. The second-order valence-corrected chi connectivity index (χ2v) is 7.48. The van der Waals surface area contributed by atoms with Crippen LogP contribution in [0, 0.1) is 0 Å². The third-order valence-electron chi connectivity index (χ3n) is 4.29. The van der Waals surface area contributed by atoms with E-state index in [1.807, 2.05) is 30.3 Å². The predicted molar refractivity (Wildman–Crippen MR) is 94.2 cm³/mol. The number of thiocarbonyl (C=S) groups is 1. The lowest BCUT2D eigenvalue weighted by Gasteiger charge is -2.29. The van der Waals surface area contributed by atoms with Crippen LogP contribution in [-0.2, 0) is 9.53 Å². The fourth-order valence-corrected chi connectivity index (χ4v) is 4.36. The van der Waals surface area contributed by atoms with Gasteiger partial charge in [0.25, 0.3) is 0 Å². The fourth-order valence-electron chi connectivity index (χ4n) is 3.14. The van der Waals surface area contributed by atoms with Crippen molar-refractivity contribution in [1.82, 2.24) is 4.90 Å². The molecule has 0 saturated carbocycles. The van der Waals surface area contributed by atoms with Gasteiger partial charge >= 0.3 is 0 Å². The van der Waals surface area contributed by atoms with E-state index in [0.29, 0.717) is 4.32 Å². The third kappa shape index (κ3) is 3.53. The summed E-state index contributed by atoms with van der Waals surface area (Å²) in [5.41, 5.74) is 1.04. The lowest BCUT2D eigenvalue weighted by molar-refractivity contribution is -0.132. The summed E-state index contributed by atoms with van der Waals surface area (Å²) in [5, 5.41) is 0. The van der Waals surface area contributed by atoms with Crippen molar-refractivity contribution in [2.75, 3.05) is 18.9 Å². The van der Waals surface area contributed by atoms with Crippen LogP contribution in [0.1, 0.15) is 37.2 Å². The first-order chi connectivity index (χ1) is 10.8. The van der Waals surface area contributed by atoms with E-state index in [4.69, 9.17) is 17.0 Å². The van der Waals surface area contributed by atoms with Crippen molar-refractivity contribution in [1.29, 1.82) is 0 Å². The average Bonchev–Trinajstić information content (AvgIpc) is 2.80. The number of hydrogen-bond acceptors (Lipinski definition) is 4. The van der Waals surface area contributed by atoms with Gasteiger partial charge in [0.1, 0.15) is 4.32 Å².